The average Bonchev–Trinajstić information content (AvgIpc) is 2.24. The summed E-state index contributed by atoms with van der Waals surface area (Å²) in [5.41, 5.74) is 0.410. The third-order valence-corrected chi connectivity index (χ3v) is 3.85. The van der Waals surface area contributed by atoms with Crippen LogP contribution in [0.15, 0.2) is 0 Å². The summed E-state index contributed by atoms with van der Waals surface area (Å²) < 4.78 is 6.08. The molecule has 18 heavy (non-hydrogen) atoms. The Bertz CT molecular complexity index is 225. The summed E-state index contributed by atoms with van der Waals surface area (Å²) in [6, 6.07) is 0.292. The summed E-state index contributed by atoms with van der Waals surface area (Å²) in [5, 5.41) is 12.4. The maximum absolute atomic E-state index is 9.03. The van der Waals surface area contributed by atoms with Gasteiger partial charge in [-0.25, -0.2) is 0 Å². The quantitative estimate of drug-likeness (QED) is 0.736. The van der Waals surface area contributed by atoms with E-state index in [9.17, 15) is 0 Å². The number of hydrogen-bond donors (Lipinski definition) is 2. The minimum absolute atomic E-state index is 0.230. The molecule has 1 fully saturated rings. The van der Waals surface area contributed by atoms with E-state index in [-0.39, 0.29) is 6.61 Å². The van der Waals surface area contributed by atoms with Crippen molar-refractivity contribution in [3.8, 4) is 0 Å². The molecule has 3 heteroatoms. The number of likely N-dealkylation sites (N-methyl/N-ethyl adjacent to an activating group) is 1. The fourth-order valence-electron chi connectivity index (χ4n) is 3.33. The van der Waals surface area contributed by atoms with Gasteiger partial charge in [-0.3, -0.25) is 0 Å². The van der Waals surface area contributed by atoms with Crippen LogP contribution in [0.5, 0.6) is 0 Å². The largest absolute Gasteiger partial charge is 0.396 e. The van der Waals surface area contributed by atoms with Crippen molar-refractivity contribution in [2.24, 2.45) is 11.3 Å². The summed E-state index contributed by atoms with van der Waals surface area (Å²) in [4.78, 5) is 0. The molecule has 0 spiro atoms. The molecule has 0 amide bonds. The van der Waals surface area contributed by atoms with Gasteiger partial charge in [-0.15, -0.1) is 0 Å². The zero-order chi connectivity index (χ0) is 13.6. The molecule has 1 aliphatic rings. The third kappa shape index (κ3) is 5.68. The lowest BCUT2D eigenvalue weighted by Gasteiger charge is -2.39. The number of aliphatic hydroxyl groups excluding tert-OH is 1. The van der Waals surface area contributed by atoms with Crippen LogP contribution < -0.4 is 5.32 Å². The molecule has 0 radical (unpaired) electrons. The van der Waals surface area contributed by atoms with Crippen LogP contribution in [0, 0.1) is 11.3 Å². The maximum atomic E-state index is 9.03. The lowest BCUT2D eigenvalue weighted by molar-refractivity contribution is -0.0323. The molecule has 3 atom stereocenters. The molecule has 0 aliphatic heterocycles. The van der Waals surface area contributed by atoms with Crippen molar-refractivity contribution in [2.45, 2.75) is 65.5 Å². The summed E-state index contributed by atoms with van der Waals surface area (Å²) in [6.45, 7) is 11.0. The van der Waals surface area contributed by atoms with Crippen LogP contribution in [0.2, 0.25) is 0 Å². The number of hydrogen-bond acceptors (Lipinski definition) is 3. The van der Waals surface area contributed by atoms with Gasteiger partial charge in [0.15, 0.2) is 0 Å². The molecule has 0 aromatic carbocycles. The SMILES string of the molecule is CCNC(CCO)COC1CC(C)CC(C)(C)C1. The van der Waals surface area contributed by atoms with Gasteiger partial charge >= 0.3 is 0 Å². The Balaban J connectivity index is 2.36. The van der Waals surface area contributed by atoms with Gasteiger partial charge in [0.05, 0.1) is 12.7 Å². The van der Waals surface area contributed by atoms with Crippen molar-refractivity contribution >= 4 is 0 Å². The molecule has 1 saturated carbocycles. The first-order valence-corrected chi connectivity index (χ1v) is 7.42. The third-order valence-electron chi connectivity index (χ3n) is 3.85. The number of nitrogens with one attached hydrogen (secondary N) is 1. The highest BCUT2D eigenvalue weighted by Crippen LogP contribution is 2.39. The Kier molecular flexibility index (Phi) is 6.61. The molecule has 0 aromatic heterocycles. The zero-order valence-corrected chi connectivity index (χ0v) is 12.5. The van der Waals surface area contributed by atoms with Crippen LogP contribution in [0.4, 0.5) is 0 Å². The van der Waals surface area contributed by atoms with Crippen molar-refractivity contribution in [1.29, 1.82) is 0 Å². The second-order valence-corrected chi connectivity index (χ2v) is 6.64. The molecule has 0 bridgehead atoms. The topological polar surface area (TPSA) is 41.5 Å². The van der Waals surface area contributed by atoms with Crippen LogP contribution >= 0.6 is 0 Å². The van der Waals surface area contributed by atoms with Crippen LogP contribution in [0.1, 0.15) is 53.4 Å². The summed E-state index contributed by atoms with van der Waals surface area (Å²) in [7, 11) is 0. The Labute approximate surface area is 112 Å². The molecule has 1 rings (SSSR count). The normalized spacial score (nSPS) is 29.2. The summed E-state index contributed by atoms with van der Waals surface area (Å²) in [6.07, 6.45) is 4.82. The zero-order valence-electron chi connectivity index (χ0n) is 12.5. The molecular weight excluding hydrogens is 226 g/mol. The van der Waals surface area contributed by atoms with E-state index in [1.807, 2.05) is 0 Å². The van der Waals surface area contributed by atoms with E-state index < -0.39 is 0 Å². The Hall–Kier alpha value is -0.120. The maximum Gasteiger partial charge on any atom is 0.0624 e. The van der Waals surface area contributed by atoms with Crippen LogP contribution in [-0.2, 0) is 4.74 Å². The van der Waals surface area contributed by atoms with Gasteiger partial charge < -0.3 is 15.2 Å². The van der Waals surface area contributed by atoms with E-state index in [2.05, 4.69) is 33.0 Å². The summed E-state index contributed by atoms with van der Waals surface area (Å²) in [5.74, 6) is 0.758. The molecule has 2 N–H and O–H groups in total. The van der Waals surface area contributed by atoms with Crippen LogP contribution in [0.3, 0.4) is 0 Å². The highest BCUT2D eigenvalue weighted by atomic mass is 16.5. The molecule has 0 saturated heterocycles. The van der Waals surface area contributed by atoms with Crippen molar-refractivity contribution in [2.75, 3.05) is 19.8 Å². The van der Waals surface area contributed by atoms with Crippen LogP contribution in [0.25, 0.3) is 0 Å². The van der Waals surface area contributed by atoms with Gasteiger partial charge in [-0.2, -0.15) is 0 Å². The van der Waals surface area contributed by atoms with E-state index in [1.54, 1.807) is 0 Å². The molecule has 1 aliphatic carbocycles. The van der Waals surface area contributed by atoms with Crippen molar-refractivity contribution in [3.63, 3.8) is 0 Å². The van der Waals surface area contributed by atoms with E-state index in [0.29, 0.717) is 17.6 Å². The van der Waals surface area contributed by atoms with E-state index >= 15 is 0 Å². The van der Waals surface area contributed by atoms with Crippen molar-refractivity contribution in [3.05, 3.63) is 0 Å². The Morgan fingerprint density at radius 2 is 2.11 bits per heavy atom. The first kappa shape index (κ1) is 15.9. The number of ether oxygens (including phenoxy) is 1. The molecule has 3 nitrogen and oxygen atoms in total. The predicted molar refractivity (Wildman–Crippen MR) is 75.7 cm³/mol. The first-order valence-electron chi connectivity index (χ1n) is 7.42. The summed E-state index contributed by atoms with van der Waals surface area (Å²) >= 11 is 0. The minimum Gasteiger partial charge on any atom is -0.396 e. The van der Waals surface area contributed by atoms with Gasteiger partial charge in [0, 0.05) is 12.6 Å². The predicted octanol–water partition coefficient (Wildman–Crippen LogP) is 2.58. The Morgan fingerprint density at radius 3 is 2.67 bits per heavy atom. The molecular formula is C15H31NO2. The van der Waals surface area contributed by atoms with Crippen LogP contribution in [-0.4, -0.2) is 37.0 Å². The monoisotopic (exact) mass is 257 g/mol. The van der Waals surface area contributed by atoms with E-state index in [0.717, 1.165) is 31.9 Å². The van der Waals surface area contributed by atoms with Gasteiger partial charge in [0.1, 0.15) is 0 Å². The number of aliphatic hydroxyl groups is 1. The minimum atomic E-state index is 0.230. The second-order valence-electron chi connectivity index (χ2n) is 6.64. The average molecular weight is 257 g/mol. The van der Waals surface area contributed by atoms with Crippen molar-refractivity contribution < 1.29 is 9.84 Å². The number of rotatable bonds is 7. The highest BCUT2D eigenvalue weighted by Gasteiger charge is 2.32. The standard InChI is InChI=1S/C15H31NO2/c1-5-16-13(6-7-17)11-18-14-8-12(2)9-15(3,4)10-14/h12-14,16-17H,5-11H2,1-4H3. The van der Waals surface area contributed by atoms with Gasteiger partial charge in [-0.1, -0.05) is 27.7 Å². The smallest absolute Gasteiger partial charge is 0.0624 e. The highest BCUT2D eigenvalue weighted by molar-refractivity contribution is 4.83. The van der Waals surface area contributed by atoms with E-state index in [4.69, 9.17) is 9.84 Å². The lowest BCUT2D eigenvalue weighted by Crippen LogP contribution is -2.38. The molecule has 0 heterocycles. The van der Waals surface area contributed by atoms with Gasteiger partial charge in [0.2, 0.25) is 0 Å². The molecule has 0 aromatic rings. The fourth-order valence-corrected chi connectivity index (χ4v) is 3.33. The first-order chi connectivity index (χ1) is 8.46. The Morgan fingerprint density at radius 1 is 1.39 bits per heavy atom. The van der Waals surface area contributed by atoms with Gasteiger partial charge in [-0.05, 0) is 43.6 Å². The van der Waals surface area contributed by atoms with Gasteiger partial charge in [0.25, 0.3) is 0 Å². The second kappa shape index (κ2) is 7.46. The fraction of sp³-hybridized carbons (Fsp3) is 1.00. The lowest BCUT2D eigenvalue weighted by atomic mass is 9.71. The molecule has 108 valence electrons. The molecule has 3 unspecified atom stereocenters. The van der Waals surface area contributed by atoms with E-state index in [1.165, 1.54) is 12.8 Å². The van der Waals surface area contributed by atoms with Crippen molar-refractivity contribution in [1.82, 2.24) is 5.32 Å².